The lowest BCUT2D eigenvalue weighted by molar-refractivity contribution is -0.155. The number of rotatable bonds is 3. The van der Waals surface area contributed by atoms with Crippen molar-refractivity contribution < 1.29 is 9.53 Å². The molecule has 0 bridgehead atoms. The maximum absolute atomic E-state index is 11.2. The smallest absolute Gasteiger partial charge is 0.341 e. The van der Waals surface area contributed by atoms with Crippen LogP contribution in [-0.4, -0.2) is 17.7 Å². The van der Waals surface area contributed by atoms with Crippen molar-refractivity contribution in [2.75, 3.05) is 0 Å². The van der Waals surface area contributed by atoms with Gasteiger partial charge in [-0.25, -0.2) is 4.79 Å². The van der Waals surface area contributed by atoms with Gasteiger partial charge in [-0.1, -0.05) is 13.8 Å². The highest BCUT2D eigenvalue weighted by Gasteiger charge is 2.34. The van der Waals surface area contributed by atoms with E-state index in [2.05, 4.69) is 0 Å². The van der Waals surface area contributed by atoms with Crippen LogP contribution in [0.4, 0.5) is 0 Å². The van der Waals surface area contributed by atoms with E-state index in [0.29, 0.717) is 0 Å². The van der Waals surface area contributed by atoms with Gasteiger partial charge in [0, 0.05) is 0 Å². The number of carbonyl (C=O) groups excluding carboxylic acids is 1. The van der Waals surface area contributed by atoms with Gasteiger partial charge in [0.1, 0.15) is 0 Å². The third-order valence-corrected chi connectivity index (χ3v) is 1.65. The van der Waals surface area contributed by atoms with Crippen LogP contribution in [-0.2, 0) is 9.53 Å². The van der Waals surface area contributed by atoms with E-state index in [1.54, 1.807) is 27.7 Å². The fraction of sp³-hybridized carbons (Fsp3) is 0.875. The van der Waals surface area contributed by atoms with Gasteiger partial charge >= 0.3 is 5.97 Å². The standard InChI is InChI=1S/C8H18N2O2/c1-5(2)8(9,10)7(11)12-6(3)4/h5-6H,9-10H2,1-4H3. The predicted molar refractivity (Wildman–Crippen MR) is 47.2 cm³/mol. The van der Waals surface area contributed by atoms with Crippen LogP contribution >= 0.6 is 0 Å². The molecule has 0 unspecified atom stereocenters. The second-order valence-electron chi connectivity index (χ2n) is 3.54. The summed E-state index contributed by atoms with van der Waals surface area (Å²) in [4.78, 5) is 11.2. The van der Waals surface area contributed by atoms with E-state index >= 15 is 0 Å². The summed E-state index contributed by atoms with van der Waals surface area (Å²) in [5, 5.41) is 0. The highest BCUT2D eigenvalue weighted by Crippen LogP contribution is 2.10. The van der Waals surface area contributed by atoms with Gasteiger partial charge in [-0.2, -0.15) is 0 Å². The molecule has 72 valence electrons. The first-order chi connectivity index (χ1) is 5.28. The summed E-state index contributed by atoms with van der Waals surface area (Å²) >= 11 is 0. The lowest BCUT2D eigenvalue weighted by Crippen LogP contribution is -2.61. The molecule has 4 N–H and O–H groups in total. The maximum atomic E-state index is 11.2. The molecule has 0 saturated carbocycles. The Hall–Kier alpha value is -0.610. The summed E-state index contributed by atoms with van der Waals surface area (Å²) in [6, 6.07) is 0. The fourth-order valence-corrected chi connectivity index (χ4v) is 0.552. The van der Waals surface area contributed by atoms with Crippen molar-refractivity contribution in [2.45, 2.75) is 39.5 Å². The van der Waals surface area contributed by atoms with Crippen LogP contribution in [0.5, 0.6) is 0 Å². The van der Waals surface area contributed by atoms with Crippen LogP contribution in [0.1, 0.15) is 27.7 Å². The number of hydrogen-bond acceptors (Lipinski definition) is 4. The van der Waals surface area contributed by atoms with Gasteiger partial charge in [0.2, 0.25) is 0 Å². The van der Waals surface area contributed by atoms with Crippen molar-refractivity contribution in [1.29, 1.82) is 0 Å². The van der Waals surface area contributed by atoms with Crippen LogP contribution in [0.25, 0.3) is 0 Å². The van der Waals surface area contributed by atoms with Gasteiger partial charge in [-0.3, -0.25) is 0 Å². The van der Waals surface area contributed by atoms with Crippen molar-refractivity contribution in [3.8, 4) is 0 Å². The Morgan fingerprint density at radius 2 is 1.67 bits per heavy atom. The molecule has 0 aliphatic rings. The Bertz CT molecular complexity index is 164. The minimum atomic E-state index is -1.37. The van der Waals surface area contributed by atoms with E-state index < -0.39 is 11.6 Å². The Labute approximate surface area is 73.2 Å². The molecule has 4 heteroatoms. The van der Waals surface area contributed by atoms with Gasteiger partial charge in [-0.15, -0.1) is 0 Å². The molecule has 0 spiro atoms. The first-order valence-corrected chi connectivity index (χ1v) is 4.07. The zero-order chi connectivity index (χ0) is 9.94. The average molecular weight is 174 g/mol. The van der Waals surface area contributed by atoms with Crippen LogP contribution in [0.3, 0.4) is 0 Å². The number of ether oxygens (including phenoxy) is 1. The number of carbonyl (C=O) groups is 1. The average Bonchev–Trinajstić information content (AvgIpc) is 1.85. The van der Waals surface area contributed by atoms with Gasteiger partial charge in [0.15, 0.2) is 5.66 Å². The van der Waals surface area contributed by atoms with Crippen molar-refractivity contribution in [3.05, 3.63) is 0 Å². The summed E-state index contributed by atoms with van der Waals surface area (Å²) < 4.78 is 4.89. The Morgan fingerprint density at radius 3 is 1.92 bits per heavy atom. The van der Waals surface area contributed by atoms with Crippen molar-refractivity contribution >= 4 is 5.97 Å². The van der Waals surface area contributed by atoms with E-state index in [-0.39, 0.29) is 12.0 Å². The summed E-state index contributed by atoms with van der Waals surface area (Å²) in [7, 11) is 0. The molecule has 0 amide bonds. The first-order valence-electron chi connectivity index (χ1n) is 4.07. The lowest BCUT2D eigenvalue weighted by Gasteiger charge is -2.27. The molecular weight excluding hydrogens is 156 g/mol. The molecule has 0 rings (SSSR count). The summed E-state index contributed by atoms with van der Waals surface area (Å²) in [6.07, 6.45) is -0.178. The zero-order valence-corrected chi connectivity index (χ0v) is 8.13. The van der Waals surface area contributed by atoms with Crippen LogP contribution < -0.4 is 11.5 Å². The SMILES string of the molecule is CC(C)OC(=O)C(N)(N)C(C)C. The van der Waals surface area contributed by atoms with Crippen LogP contribution in [0.15, 0.2) is 0 Å². The second-order valence-corrected chi connectivity index (χ2v) is 3.54. The topological polar surface area (TPSA) is 78.3 Å². The third-order valence-electron chi connectivity index (χ3n) is 1.65. The second kappa shape index (κ2) is 3.87. The molecule has 0 fully saturated rings. The minimum absolute atomic E-state index is 0.135. The molecule has 12 heavy (non-hydrogen) atoms. The van der Waals surface area contributed by atoms with Crippen molar-refractivity contribution in [3.63, 3.8) is 0 Å². The molecule has 0 aliphatic heterocycles. The van der Waals surface area contributed by atoms with Gasteiger partial charge < -0.3 is 16.2 Å². The number of nitrogens with two attached hydrogens (primary N) is 2. The minimum Gasteiger partial charge on any atom is -0.461 e. The number of hydrogen-bond donors (Lipinski definition) is 2. The molecule has 0 aromatic carbocycles. The van der Waals surface area contributed by atoms with Crippen molar-refractivity contribution in [1.82, 2.24) is 0 Å². The summed E-state index contributed by atoms with van der Waals surface area (Å²) in [6.45, 7) is 7.08. The Morgan fingerprint density at radius 1 is 1.25 bits per heavy atom. The van der Waals surface area contributed by atoms with Crippen LogP contribution in [0.2, 0.25) is 0 Å². The quantitative estimate of drug-likeness (QED) is 0.473. The molecule has 0 aromatic heterocycles. The molecule has 0 saturated heterocycles. The summed E-state index contributed by atoms with van der Waals surface area (Å²) in [5.74, 6) is -0.684. The Kier molecular flexibility index (Phi) is 3.67. The van der Waals surface area contributed by atoms with Gasteiger partial charge in [-0.05, 0) is 19.8 Å². The number of esters is 1. The van der Waals surface area contributed by atoms with Crippen LogP contribution in [0, 0.1) is 5.92 Å². The van der Waals surface area contributed by atoms with E-state index in [1.165, 1.54) is 0 Å². The normalized spacial score (nSPS) is 12.3. The molecule has 0 aliphatic carbocycles. The largest absolute Gasteiger partial charge is 0.461 e. The monoisotopic (exact) mass is 174 g/mol. The highest BCUT2D eigenvalue weighted by atomic mass is 16.5. The zero-order valence-electron chi connectivity index (χ0n) is 8.13. The maximum Gasteiger partial charge on any atom is 0.341 e. The highest BCUT2D eigenvalue weighted by molar-refractivity contribution is 5.80. The molecule has 0 heterocycles. The van der Waals surface area contributed by atoms with E-state index in [1.807, 2.05) is 0 Å². The molecule has 0 aromatic rings. The van der Waals surface area contributed by atoms with E-state index in [4.69, 9.17) is 16.2 Å². The third kappa shape index (κ3) is 2.79. The predicted octanol–water partition coefficient (Wildman–Crippen LogP) is 0.208. The molecule has 4 nitrogen and oxygen atoms in total. The molecular formula is C8H18N2O2. The summed E-state index contributed by atoms with van der Waals surface area (Å²) in [5.41, 5.74) is 9.74. The Balaban J connectivity index is 4.26. The van der Waals surface area contributed by atoms with Gasteiger partial charge in [0.25, 0.3) is 0 Å². The first kappa shape index (κ1) is 11.4. The lowest BCUT2D eigenvalue weighted by atomic mass is 9.98. The molecule has 0 atom stereocenters. The van der Waals surface area contributed by atoms with Crippen molar-refractivity contribution in [2.24, 2.45) is 17.4 Å². The van der Waals surface area contributed by atoms with Gasteiger partial charge in [0.05, 0.1) is 6.10 Å². The van der Waals surface area contributed by atoms with E-state index in [9.17, 15) is 4.79 Å². The van der Waals surface area contributed by atoms with E-state index in [0.717, 1.165) is 0 Å². The fourth-order valence-electron chi connectivity index (χ4n) is 0.552. The molecule has 0 radical (unpaired) electrons.